The summed E-state index contributed by atoms with van der Waals surface area (Å²) in [5.74, 6) is 0.706. The minimum atomic E-state index is -0.102. The highest BCUT2D eigenvalue weighted by Crippen LogP contribution is 2.18. The molecule has 4 nitrogen and oxygen atoms in total. The second kappa shape index (κ2) is 6.33. The molecule has 20 heavy (non-hydrogen) atoms. The Morgan fingerprint density at radius 2 is 2.10 bits per heavy atom. The van der Waals surface area contributed by atoms with Crippen LogP contribution in [0.4, 0.5) is 5.69 Å². The molecule has 0 spiro atoms. The van der Waals surface area contributed by atoms with E-state index in [-0.39, 0.29) is 11.9 Å². The van der Waals surface area contributed by atoms with Crippen LogP contribution in [0, 0.1) is 5.92 Å². The molecule has 1 heterocycles. The van der Waals surface area contributed by atoms with E-state index in [2.05, 4.69) is 17.1 Å². The monoisotopic (exact) mass is 291 g/mol. The minimum Gasteiger partial charge on any atom is -0.389 e. The molecule has 0 saturated carbocycles. The van der Waals surface area contributed by atoms with Crippen LogP contribution in [0.25, 0.3) is 0 Å². The van der Waals surface area contributed by atoms with Crippen LogP contribution in [0.15, 0.2) is 24.3 Å². The quantitative estimate of drug-likeness (QED) is 0.833. The Kier molecular flexibility index (Phi) is 4.73. The number of amides is 1. The maximum Gasteiger partial charge on any atom is 0.241 e. The molecule has 0 radical (unpaired) electrons. The van der Waals surface area contributed by atoms with Crippen molar-refractivity contribution in [3.8, 4) is 0 Å². The number of thiocarbonyl (C=S) groups is 1. The zero-order chi connectivity index (χ0) is 14.7. The van der Waals surface area contributed by atoms with Gasteiger partial charge < -0.3 is 11.1 Å². The van der Waals surface area contributed by atoms with Crippen molar-refractivity contribution in [2.45, 2.75) is 26.3 Å². The highest BCUT2D eigenvalue weighted by Gasteiger charge is 2.27. The number of nitrogens with one attached hydrogen (secondary N) is 1. The third-order valence-corrected chi connectivity index (χ3v) is 4.06. The first-order chi connectivity index (χ1) is 9.47. The Hall–Kier alpha value is -1.46. The second-order valence-electron chi connectivity index (χ2n) is 5.50. The lowest BCUT2D eigenvalue weighted by Gasteiger charge is -2.23. The molecule has 2 atom stereocenters. The van der Waals surface area contributed by atoms with E-state index in [0.717, 1.165) is 24.3 Å². The molecule has 0 bridgehead atoms. The fourth-order valence-corrected chi connectivity index (χ4v) is 2.59. The first kappa shape index (κ1) is 14.9. The molecule has 3 N–H and O–H groups in total. The number of anilines is 1. The molecule has 1 aliphatic rings. The van der Waals surface area contributed by atoms with E-state index in [4.69, 9.17) is 18.0 Å². The number of likely N-dealkylation sites (tertiary alicyclic amines) is 1. The average Bonchev–Trinajstić information content (AvgIpc) is 2.85. The maximum absolute atomic E-state index is 12.2. The van der Waals surface area contributed by atoms with Gasteiger partial charge in [-0.05, 0) is 50.1 Å². The summed E-state index contributed by atoms with van der Waals surface area (Å²) in [5, 5.41) is 2.93. The lowest BCUT2D eigenvalue weighted by atomic mass is 10.2. The fourth-order valence-electron chi connectivity index (χ4n) is 2.45. The number of nitrogens with two attached hydrogens (primary N) is 1. The Morgan fingerprint density at radius 1 is 1.45 bits per heavy atom. The molecule has 108 valence electrons. The summed E-state index contributed by atoms with van der Waals surface area (Å²) in [6, 6.07) is 7.19. The van der Waals surface area contributed by atoms with E-state index in [9.17, 15) is 4.79 Å². The Morgan fingerprint density at radius 3 is 2.60 bits per heavy atom. The van der Waals surface area contributed by atoms with Crippen LogP contribution in [-0.4, -0.2) is 34.9 Å². The van der Waals surface area contributed by atoms with Gasteiger partial charge in [-0.2, -0.15) is 0 Å². The minimum absolute atomic E-state index is 0.0298. The van der Waals surface area contributed by atoms with Crippen molar-refractivity contribution in [2.24, 2.45) is 11.7 Å². The summed E-state index contributed by atoms with van der Waals surface area (Å²) in [5.41, 5.74) is 7.12. The molecular formula is C15H21N3OS. The first-order valence-electron chi connectivity index (χ1n) is 6.92. The van der Waals surface area contributed by atoms with Crippen molar-refractivity contribution in [1.29, 1.82) is 0 Å². The predicted octanol–water partition coefficient (Wildman–Crippen LogP) is 1.99. The summed E-state index contributed by atoms with van der Waals surface area (Å²) < 4.78 is 0. The maximum atomic E-state index is 12.2. The van der Waals surface area contributed by atoms with E-state index < -0.39 is 0 Å². The van der Waals surface area contributed by atoms with Gasteiger partial charge in [0, 0.05) is 17.8 Å². The molecule has 1 saturated heterocycles. The topological polar surface area (TPSA) is 58.4 Å². The Bertz CT molecular complexity index is 500. The van der Waals surface area contributed by atoms with Gasteiger partial charge in [0.05, 0.1) is 6.04 Å². The van der Waals surface area contributed by atoms with Crippen LogP contribution in [0.2, 0.25) is 0 Å². The van der Waals surface area contributed by atoms with Crippen LogP contribution >= 0.6 is 12.2 Å². The number of carbonyl (C=O) groups excluding carboxylic acids is 1. The van der Waals surface area contributed by atoms with Gasteiger partial charge in [-0.1, -0.05) is 19.1 Å². The van der Waals surface area contributed by atoms with Crippen LogP contribution in [0.3, 0.4) is 0 Å². The third-order valence-electron chi connectivity index (χ3n) is 3.82. The fraction of sp³-hybridized carbons (Fsp3) is 0.467. The van der Waals surface area contributed by atoms with Gasteiger partial charge in [0.2, 0.25) is 5.91 Å². The van der Waals surface area contributed by atoms with Gasteiger partial charge in [-0.25, -0.2) is 0 Å². The number of nitrogens with zero attached hydrogens (tertiary/aromatic N) is 1. The Balaban J connectivity index is 1.95. The normalized spacial score (nSPS) is 20.6. The highest BCUT2D eigenvalue weighted by atomic mass is 32.1. The van der Waals surface area contributed by atoms with Crippen molar-refractivity contribution >= 4 is 28.8 Å². The van der Waals surface area contributed by atoms with Gasteiger partial charge in [0.25, 0.3) is 0 Å². The smallest absolute Gasteiger partial charge is 0.241 e. The van der Waals surface area contributed by atoms with Crippen LogP contribution in [-0.2, 0) is 4.79 Å². The van der Waals surface area contributed by atoms with Gasteiger partial charge in [-0.3, -0.25) is 9.69 Å². The first-order valence-corrected chi connectivity index (χ1v) is 7.33. The summed E-state index contributed by atoms with van der Waals surface area (Å²) in [6.45, 7) is 6.17. The van der Waals surface area contributed by atoms with E-state index in [0.29, 0.717) is 10.9 Å². The molecule has 1 aromatic rings. The van der Waals surface area contributed by atoms with E-state index in [1.165, 1.54) is 6.42 Å². The predicted molar refractivity (Wildman–Crippen MR) is 85.8 cm³/mol. The van der Waals surface area contributed by atoms with E-state index >= 15 is 0 Å². The zero-order valence-corrected chi connectivity index (χ0v) is 12.7. The van der Waals surface area contributed by atoms with E-state index in [1.807, 2.05) is 31.2 Å². The van der Waals surface area contributed by atoms with Crippen molar-refractivity contribution in [2.75, 3.05) is 18.4 Å². The van der Waals surface area contributed by atoms with Gasteiger partial charge in [0.15, 0.2) is 0 Å². The molecule has 1 amide bonds. The molecule has 2 unspecified atom stereocenters. The molecule has 1 aliphatic heterocycles. The third kappa shape index (κ3) is 3.55. The van der Waals surface area contributed by atoms with Gasteiger partial charge in [-0.15, -0.1) is 0 Å². The summed E-state index contributed by atoms with van der Waals surface area (Å²) in [6.07, 6.45) is 1.17. The van der Waals surface area contributed by atoms with Crippen molar-refractivity contribution < 1.29 is 4.79 Å². The molecular weight excluding hydrogens is 270 g/mol. The summed E-state index contributed by atoms with van der Waals surface area (Å²) >= 11 is 4.90. The van der Waals surface area contributed by atoms with Crippen molar-refractivity contribution in [3.63, 3.8) is 0 Å². The molecule has 0 aromatic heterocycles. The molecule has 5 heteroatoms. The van der Waals surface area contributed by atoms with Gasteiger partial charge >= 0.3 is 0 Å². The lowest BCUT2D eigenvalue weighted by Crippen LogP contribution is -2.40. The second-order valence-corrected chi connectivity index (χ2v) is 5.94. The van der Waals surface area contributed by atoms with Crippen LogP contribution in [0.1, 0.15) is 25.8 Å². The lowest BCUT2D eigenvalue weighted by molar-refractivity contribution is -0.120. The number of benzene rings is 1. The number of rotatable bonds is 4. The number of hydrogen-bond acceptors (Lipinski definition) is 3. The van der Waals surface area contributed by atoms with Crippen LogP contribution in [0.5, 0.6) is 0 Å². The van der Waals surface area contributed by atoms with Gasteiger partial charge in [0.1, 0.15) is 4.99 Å². The zero-order valence-electron chi connectivity index (χ0n) is 11.9. The highest BCUT2D eigenvalue weighted by molar-refractivity contribution is 7.80. The molecule has 1 fully saturated rings. The number of carbonyl (C=O) groups is 1. The largest absolute Gasteiger partial charge is 0.389 e. The molecule has 1 aromatic carbocycles. The Labute approximate surface area is 125 Å². The molecule has 0 aliphatic carbocycles. The SMILES string of the molecule is CC1CCN(C(C)C(=O)Nc2ccc(C(N)=S)cc2)C1. The average molecular weight is 291 g/mol. The van der Waals surface area contributed by atoms with Crippen molar-refractivity contribution in [3.05, 3.63) is 29.8 Å². The van der Waals surface area contributed by atoms with Crippen LogP contribution < -0.4 is 11.1 Å². The summed E-state index contributed by atoms with van der Waals surface area (Å²) in [7, 11) is 0. The molecule has 2 rings (SSSR count). The van der Waals surface area contributed by atoms with E-state index in [1.54, 1.807) is 0 Å². The van der Waals surface area contributed by atoms with Crippen molar-refractivity contribution in [1.82, 2.24) is 4.90 Å². The summed E-state index contributed by atoms with van der Waals surface area (Å²) in [4.78, 5) is 14.8. The standard InChI is InChI=1S/C15H21N3OS/c1-10-7-8-18(9-10)11(2)15(19)17-13-5-3-12(4-6-13)14(16)20/h3-6,10-11H,7-9H2,1-2H3,(H2,16,20)(H,17,19). The number of hydrogen-bond donors (Lipinski definition) is 2.